The summed E-state index contributed by atoms with van der Waals surface area (Å²) < 4.78 is 0. The number of aliphatic carboxylic acids is 1. The van der Waals surface area contributed by atoms with Gasteiger partial charge in [-0.15, -0.1) is 0 Å². The van der Waals surface area contributed by atoms with Crippen LogP contribution in [0.4, 0.5) is 0 Å². The lowest BCUT2D eigenvalue weighted by atomic mass is 10.0. The van der Waals surface area contributed by atoms with E-state index in [1.165, 1.54) is 13.8 Å². The number of guanidine groups is 2. The second-order valence-corrected chi connectivity index (χ2v) is 25.1. The Morgan fingerprint density at radius 1 is 0.471 bits per heavy atom. The number of aliphatic hydroxyl groups is 4. The summed E-state index contributed by atoms with van der Waals surface area (Å²) in [4.78, 5) is 195. The van der Waals surface area contributed by atoms with Crippen LogP contribution in [0.5, 0.6) is 0 Å². The molecule has 13 amide bonds. The maximum atomic E-state index is 14.5. The number of aliphatic hydroxyl groups excluding tert-OH is 4. The molecule has 584 valence electrons. The monoisotopic (exact) mass is 1480 g/mol. The van der Waals surface area contributed by atoms with Crippen LogP contribution in [0.25, 0.3) is 0 Å². The number of aliphatic imine (C=N–C) groups is 2. The molecule has 1 aromatic rings. The standard InChI is InChI=1S/C63H108N22O19/c1-31(65)51(94)77-41(20-14-26-73-63(69)70)56(99)85-50(35(5)89)61(104)81-39(18-10-12-24-71-43-27-37(43)36-15-7-6-8-16-36)53(96)80-42(21-22-45(66)90)57(100)84-49(34(4)88)60(103)76-32(2)52(95)78-40(19-13-25-72-62(67)68)54(97)79-38(17-9-11-23-64)55(98)82-44(30-86)58(101)83-48(33(3)87)59(102)75-28-46(91)74-29-47(92)93/h6-8,15-16,31-35,37-44,48-50,71,86-89H,9-14,17-30,64-65H2,1-5H3,(H2,66,90)(H,74,91)(H,75,102)(H,76,103)(H,77,94)(H,78,95)(H,79,97)(H,80,96)(H,81,104)(H,82,98)(H,83,101)(H,84,100)(H,85,99)(H,92,93)(H4,67,68,72)(H4,69,70,73)/t31-,32-,33+,34+,35+,37+,38-,39-,40-,41-,42-,43-,44-,48-,49-,50-/m0/s1. The zero-order valence-electron chi connectivity index (χ0n) is 59.2. The first-order chi connectivity index (χ1) is 49.0. The van der Waals surface area contributed by atoms with E-state index in [0.717, 1.165) is 32.8 Å². The van der Waals surface area contributed by atoms with E-state index in [9.17, 15) is 87.5 Å². The first kappa shape index (κ1) is 90.1. The van der Waals surface area contributed by atoms with Gasteiger partial charge >= 0.3 is 5.97 Å². The molecule has 0 aromatic heterocycles. The maximum absolute atomic E-state index is 14.5. The summed E-state index contributed by atoms with van der Waals surface area (Å²) in [5.74, 6) is -15.2. The second-order valence-electron chi connectivity index (χ2n) is 25.1. The van der Waals surface area contributed by atoms with Gasteiger partial charge in [0.15, 0.2) is 11.9 Å². The quantitative estimate of drug-likeness (QED) is 0.0164. The molecule has 1 saturated carbocycles. The fraction of sp³-hybridized carbons (Fsp3) is 0.651. The molecule has 0 aliphatic heterocycles. The van der Waals surface area contributed by atoms with Crippen LogP contribution in [0, 0.1) is 0 Å². The van der Waals surface area contributed by atoms with Gasteiger partial charge in [-0.2, -0.15) is 0 Å². The Kier molecular flexibility index (Phi) is 41.0. The number of hydrogen-bond donors (Lipinski definition) is 25. The van der Waals surface area contributed by atoms with Crippen molar-refractivity contribution in [2.45, 2.75) is 215 Å². The van der Waals surface area contributed by atoms with Crippen LogP contribution >= 0.6 is 0 Å². The van der Waals surface area contributed by atoms with Crippen LogP contribution in [0.1, 0.15) is 130 Å². The SMILES string of the molecule is C[C@H](N)C(=O)N[C@@H](CCCN=C(N)N)C(=O)N[C@H](C(=O)N[C@@H](CCCCN[C@H]1C[C@@H]1c1ccccc1)C(=O)N[C@@H](CCC(N)=O)C(=O)N[C@H](C(=O)N[C@@H](C)C(=O)N[C@@H](CCCN=C(N)N)C(=O)N[C@@H](CCCCN)C(=O)N[C@@H](CO)C(=O)N[C@H](C(=O)NCC(=O)NCC(=O)O)[C@@H](C)O)[C@@H](C)O)[C@@H](C)O. The Hall–Kier alpha value is -9.94. The van der Waals surface area contributed by atoms with E-state index < -0.39 is 200 Å². The number of rotatable bonds is 51. The summed E-state index contributed by atoms with van der Waals surface area (Å²) >= 11 is 0. The molecule has 16 atom stereocenters. The highest BCUT2D eigenvalue weighted by molar-refractivity contribution is 6.00. The summed E-state index contributed by atoms with van der Waals surface area (Å²) in [6.45, 7) is 3.83. The predicted molar refractivity (Wildman–Crippen MR) is 375 cm³/mol. The molecule has 2 rings (SSSR count). The lowest BCUT2D eigenvalue weighted by Gasteiger charge is -2.29. The Morgan fingerprint density at radius 2 is 0.875 bits per heavy atom. The fourth-order valence-electron chi connectivity index (χ4n) is 10.1. The first-order valence-corrected chi connectivity index (χ1v) is 34.1. The summed E-state index contributed by atoms with van der Waals surface area (Å²) in [7, 11) is 0. The van der Waals surface area contributed by atoms with E-state index in [-0.39, 0.29) is 94.9 Å². The molecule has 0 bridgehead atoms. The van der Waals surface area contributed by atoms with Gasteiger partial charge in [-0.3, -0.25) is 77.1 Å². The van der Waals surface area contributed by atoms with Crippen molar-refractivity contribution in [1.82, 2.24) is 69.1 Å². The Labute approximate surface area is 601 Å². The van der Waals surface area contributed by atoms with Crippen LogP contribution in [0.15, 0.2) is 40.3 Å². The summed E-state index contributed by atoms with van der Waals surface area (Å²) in [5.41, 5.74) is 39.9. The summed E-state index contributed by atoms with van der Waals surface area (Å²) in [5, 5.41) is 82.8. The lowest BCUT2D eigenvalue weighted by molar-refractivity contribution is -0.138. The Morgan fingerprint density at radius 3 is 1.32 bits per heavy atom. The molecule has 0 saturated heterocycles. The van der Waals surface area contributed by atoms with Gasteiger partial charge in [-0.05, 0) is 130 Å². The van der Waals surface area contributed by atoms with Crippen LogP contribution < -0.4 is 109 Å². The number of carbonyl (C=O) groups is 14. The summed E-state index contributed by atoms with van der Waals surface area (Å²) in [6.07, 6.45) is -4.40. The molecule has 0 heterocycles. The van der Waals surface area contributed by atoms with Crippen molar-refractivity contribution in [3.05, 3.63) is 35.9 Å². The van der Waals surface area contributed by atoms with Crippen molar-refractivity contribution in [2.75, 3.05) is 45.9 Å². The van der Waals surface area contributed by atoms with Gasteiger partial charge in [0, 0.05) is 31.5 Å². The average Bonchev–Trinajstić information content (AvgIpc) is 1.66. The minimum Gasteiger partial charge on any atom is -0.480 e. The molecular weight excluding hydrogens is 1370 g/mol. The predicted octanol–water partition coefficient (Wildman–Crippen LogP) is -10.5. The number of nitrogens with zero attached hydrogens (tertiary/aromatic N) is 2. The minimum absolute atomic E-state index is 0.00610. The van der Waals surface area contributed by atoms with E-state index in [1.54, 1.807) is 0 Å². The van der Waals surface area contributed by atoms with Gasteiger partial charge in [0.1, 0.15) is 67.0 Å². The van der Waals surface area contributed by atoms with Gasteiger partial charge < -0.3 is 135 Å². The number of carbonyl (C=O) groups excluding carboxylic acids is 13. The van der Waals surface area contributed by atoms with Crippen molar-refractivity contribution in [3.63, 3.8) is 0 Å². The Bertz CT molecular complexity index is 3080. The number of nitrogens with one attached hydrogen (secondary N) is 13. The molecule has 0 radical (unpaired) electrons. The zero-order valence-corrected chi connectivity index (χ0v) is 59.2. The van der Waals surface area contributed by atoms with Crippen molar-refractivity contribution in [3.8, 4) is 0 Å². The lowest BCUT2D eigenvalue weighted by Crippen LogP contribution is -2.62. The van der Waals surface area contributed by atoms with Gasteiger partial charge in [0.2, 0.25) is 76.8 Å². The summed E-state index contributed by atoms with van der Waals surface area (Å²) in [6, 6.07) is -7.65. The van der Waals surface area contributed by atoms with E-state index >= 15 is 0 Å². The number of amides is 13. The largest absolute Gasteiger partial charge is 0.480 e. The smallest absolute Gasteiger partial charge is 0.322 e. The van der Waals surface area contributed by atoms with Crippen LogP contribution in [-0.2, 0) is 67.1 Å². The molecule has 41 heteroatoms. The number of primary amides is 1. The zero-order chi connectivity index (χ0) is 78.3. The van der Waals surface area contributed by atoms with Gasteiger partial charge in [0.05, 0.1) is 37.5 Å². The number of carboxylic acid groups (broad SMARTS) is 1. The molecule has 104 heavy (non-hydrogen) atoms. The van der Waals surface area contributed by atoms with Crippen molar-refractivity contribution < 1.29 is 92.7 Å². The van der Waals surface area contributed by atoms with Crippen LogP contribution in [-0.4, -0.2) is 257 Å². The molecule has 0 spiro atoms. The molecule has 1 fully saturated rings. The first-order valence-electron chi connectivity index (χ1n) is 34.1. The highest BCUT2D eigenvalue weighted by atomic mass is 16.4. The minimum atomic E-state index is -1.93. The van der Waals surface area contributed by atoms with E-state index in [1.807, 2.05) is 35.6 Å². The molecule has 32 N–H and O–H groups in total. The van der Waals surface area contributed by atoms with E-state index in [4.69, 9.17) is 45.2 Å². The number of hydrogen-bond acceptors (Lipinski definition) is 23. The van der Waals surface area contributed by atoms with Gasteiger partial charge in [0.25, 0.3) is 0 Å². The van der Waals surface area contributed by atoms with E-state index in [2.05, 4.69) is 73.8 Å². The molecule has 41 nitrogen and oxygen atoms in total. The van der Waals surface area contributed by atoms with E-state index in [0.29, 0.717) is 19.4 Å². The number of carboxylic acids is 1. The van der Waals surface area contributed by atoms with Crippen molar-refractivity contribution in [1.29, 1.82) is 0 Å². The Balaban J connectivity index is 2.44. The number of benzene rings is 1. The number of nitrogens with two attached hydrogens (primary N) is 7. The third-order valence-electron chi connectivity index (χ3n) is 16.1. The molecule has 1 aromatic carbocycles. The molecule has 1 aliphatic rings. The average molecular weight is 1480 g/mol. The maximum Gasteiger partial charge on any atom is 0.322 e. The van der Waals surface area contributed by atoms with Crippen LogP contribution in [0.3, 0.4) is 0 Å². The normalized spacial score (nSPS) is 17.0. The third kappa shape index (κ3) is 34.8. The van der Waals surface area contributed by atoms with Crippen molar-refractivity contribution >= 4 is 94.7 Å². The molecule has 0 unspecified atom stereocenters. The van der Waals surface area contributed by atoms with Gasteiger partial charge in [-0.1, -0.05) is 30.3 Å². The topological polar surface area (TPSA) is 703 Å². The van der Waals surface area contributed by atoms with Crippen LogP contribution in [0.2, 0.25) is 0 Å². The highest BCUT2D eigenvalue weighted by Crippen LogP contribution is 2.40. The third-order valence-corrected chi connectivity index (χ3v) is 16.1. The van der Waals surface area contributed by atoms with Crippen molar-refractivity contribution in [2.24, 2.45) is 50.1 Å². The number of unbranched alkanes of at least 4 members (excludes halogenated alkanes) is 2. The second kappa shape index (κ2) is 47.4. The van der Waals surface area contributed by atoms with Gasteiger partial charge in [-0.25, -0.2) is 0 Å². The fourth-order valence-corrected chi connectivity index (χ4v) is 10.1. The molecule has 1 aliphatic carbocycles. The highest BCUT2D eigenvalue weighted by Gasteiger charge is 2.40. The molecular formula is C63H108N22O19.